The van der Waals surface area contributed by atoms with Gasteiger partial charge in [-0.25, -0.2) is 0 Å². The summed E-state index contributed by atoms with van der Waals surface area (Å²) in [6, 6.07) is 10.4. The molecule has 0 atom stereocenters. The van der Waals surface area contributed by atoms with Gasteiger partial charge in [-0.15, -0.1) is 0 Å². The SMILES string of the molecule is CCOC(=O)C1CCN(C(=NC)NCCCCOCCc2ccccc2)CC1. The number of nitrogens with one attached hydrogen (secondary N) is 1. The van der Waals surface area contributed by atoms with Gasteiger partial charge in [-0.2, -0.15) is 0 Å². The molecule has 1 aliphatic heterocycles. The second-order valence-electron chi connectivity index (χ2n) is 7.04. The van der Waals surface area contributed by atoms with Crippen LogP contribution in [0.1, 0.15) is 38.2 Å². The first kappa shape index (κ1) is 22.2. The average molecular weight is 390 g/mol. The molecular formula is C22H35N3O3. The maximum atomic E-state index is 11.8. The molecule has 156 valence electrons. The van der Waals surface area contributed by atoms with Crippen molar-refractivity contribution in [3.63, 3.8) is 0 Å². The maximum Gasteiger partial charge on any atom is 0.309 e. The van der Waals surface area contributed by atoms with Crippen LogP contribution in [0.3, 0.4) is 0 Å². The number of rotatable bonds is 10. The molecule has 2 rings (SSSR count). The van der Waals surface area contributed by atoms with Crippen molar-refractivity contribution in [2.75, 3.05) is 46.5 Å². The number of ether oxygens (including phenoxy) is 2. The first-order valence-corrected chi connectivity index (χ1v) is 10.5. The van der Waals surface area contributed by atoms with Gasteiger partial charge in [0.05, 0.1) is 19.1 Å². The number of likely N-dealkylation sites (tertiary alicyclic amines) is 1. The molecule has 0 saturated carbocycles. The van der Waals surface area contributed by atoms with Gasteiger partial charge in [0.2, 0.25) is 0 Å². The van der Waals surface area contributed by atoms with Crippen molar-refractivity contribution in [3.05, 3.63) is 35.9 Å². The number of carbonyl (C=O) groups excluding carboxylic acids is 1. The Balaban J connectivity index is 1.52. The number of benzene rings is 1. The van der Waals surface area contributed by atoms with Crippen LogP contribution < -0.4 is 5.32 Å². The topological polar surface area (TPSA) is 63.2 Å². The van der Waals surface area contributed by atoms with E-state index in [1.54, 1.807) is 0 Å². The minimum Gasteiger partial charge on any atom is -0.466 e. The number of piperidine rings is 1. The van der Waals surface area contributed by atoms with Gasteiger partial charge in [0, 0.05) is 33.3 Å². The van der Waals surface area contributed by atoms with Gasteiger partial charge < -0.3 is 19.7 Å². The first-order chi connectivity index (χ1) is 13.7. The third-order valence-corrected chi connectivity index (χ3v) is 5.00. The molecule has 1 N–H and O–H groups in total. The highest BCUT2D eigenvalue weighted by atomic mass is 16.5. The summed E-state index contributed by atoms with van der Waals surface area (Å²) in [6.45, 7) is 6.43. The Labute approximate surface area is 169 Å². The molecule has 1 heterocycles. The van der Waals surface area contributed by atoms with E-state index in [0.29, 0.717) is 6.61 Å². The predicted octanol–water partition coefficient (Wildman–Crippen LogP) is 2.88. The minimum atomic E-state index is -0.0580. The molecule has 0 radical (unpaired) electrons. The Bertz CT molecular complexity index is 584. The Morgan fingerprint density at radius 2 is 1.93 bits per heavy atom. The van der Waals surface area contributed by atoms with Crippen LogP contribution in [-0.4, -0.2) is 63.3 Å². The molecule has 1 aliphatic rings. The van der Waals surface area contributed by atoms with Gasteiger partial charge in [-0.3, -0.25) is 9.79 Å². The lowest BCUT2D eigenvalue weighted by Gasteiger charge is -2.33. The molecule has 0 aliphatic carbocycles. The smallest absolute Gasteiger partial charge is 0.309 e. The molecule has 28 heavy (non-hydrogen) atoms. The molecule has 0 aromatic heterocycles. The molecule has 1 fully saturated rings. The number of aliphatic imine (C=N–C) groups is 1. The highest BCUT2D eigenvalue weighted by Crippen LogP contribution is 2.18. The molecule has 0 spiro atoms. The zero-order valence-corrected chi connectivity index (χ0v) is 17.4. The lowest BCUT2D eigenvalue weighted by Crippen LogP contribution is -2.46. The second kappa shape index (κ2) is 13.2. The third-order valence-electron chi connectivity index (χ3n) is 5.00. The Hall–Kier alpha value is -2.08. The van der Waals surface area contributed by atoms with E-state index in [-0.39, 0.29) is 11.9 Å². The van der Waals surface area contributed by atoms with Crippen LogP contribution in [0.15, 0.2) is 35.3 Å². The first-order valence-electron chi connectivity index (χ1n) is 10.5. The summed E-state index contributed by atoms with van der Waals surface area (Å²) in [7, 11) is 1.81. The normalized spacial score (nSPS) is 15.5. The van der Waals surface area contributed by atoms with E-state index in [4.69, 9.17) is 9.47 Å². The summed E-state index contributed by atoms with van der Waals surface area (Å²) < 4.78 is 10.9. The second-order valence-corrected chi connectivity index (χ2v) is 7.04. The van der Waals surface area contributed by atoms with Gasteiger partial charge in [0.1, 0.15) is 0 Å². The molecule has 1 aromatic rings. The van der Waals surface area contributed by atoms with Gasteiger partial charge in [0.25, 0.3) is 0 Å². The van der Waals surface area contributed by atoms with Gasteiger partial charge in [0.15, 0.2) is 5.96 Å². The van der Waals surface area contributed by atoms with Crippen molar-refractivity contribution in [1.82, 2.24) is 10.2 Å². The highest BCUT2D eigenvalue weighted by Gasteiger charge is 2.27. The summed E-state index contributed by atoms with van der Waals surface area (Å²) in [5.41, 5.74) is 1.32. The van der Waals surface area contributed by atoms with Gasteiger partial charge in [-0.1, -0.05) is 30.3 Å². The molecule has 0 amide bonds. The summed E-state index contributed by atoms with van der Waals surface area (Å²) in [5, 5.41) is 3.43. The van der Waals surface area contributed by atoms with Gasteiger partial charge >= 0.3 is 5.97 Å². The maximum absolute atomic E-state index is 11.8. The fraction of sp³-hybridized carbons (Fsp3) is 0.636. The van der Waals surface area contributed by atoms with Crippen LogP contribution in [0.4, 0.5) is 0 Å². The van der Waals surface area contributed by atoms with Crippen molar-refractivity contribution < 1.29 is 14.3 Å². The standard InChI is InChI=1S/C22H35N3O3/c1-3-28-21(26)20-11-15-25(16-12-20)22(23-2)24-14-7-8-17-27-18-13-19-9-5-4-6-10-19/h4-6,9-10,20H,3,7-8,11-18H2,1-2H3,(H,23,24). The van der Waals surface area contributed by atoms with Crippen molar-refractivity contribution in [2.45, 2.75) is 39.0 Å². The summed E-state index contributed by atoms with van der Waals surface area (Å²) in [5.74, 6) is 0.895. The fourth-order valence-electron chi connectivity index (χ4n) is 3.39. The molecular weight excluding hydrogens is 354 g/mol. The van der Waals surface area contributed by atoms with Crippen LogP contribution in [0.2, 0.25) is 0 Å². The summed E-state index contributed by atoms with van der Waals surface area (Å²) in [4.78, 5) is 18.5. The number of nitrogens with zero attached hydrogens (tertiary/aromatic N) is 2. The van der Waals surface area contributed by atoms with Crippen LogP contribution >= 0.6 is 0 Å². The van der Waals surface area contributed by atoms with E-state index in [9.17, 15) is 4.79 Å². The average Bonchev–Trinajstić information content (AvgIpc) is 2.74. The molecule has 6 nitrogen and oxygen atoms in total. The van der Waals surface area contributed by atoms with E-state index in [1.165, 1.54) is 5.56 Å². The van der Waals surface area contributed by atoms with E-state index in [1.807, 2.05) is 20.0 Å². The minimum absolute atomic E-state index is 0.0299. The number of hydrogen-bond donors (Lipinski definition) is 1. The molecule has 0 bridgehead atoms. The third kappa shape index (κ3) is 7.89. The molecule has 1 saturated heterocycles. The van der Waals surface area contributed by atoms with Crippen molar-refractivity contribution in [3.8, 4) is 0 Å². The zero-order chi connectivity index (χ0) is 20.0. The van der Waals surface area contributed by atoms with Crippen molar-refractivity contribution in [2.24, 2.45) is 10.9 Å². The monoisotopic (exact) mass is 389 g/mol. The van der Waals surface area contributed by atoms with E-state index < -0.39 is 0 Å². The molecule has 6 heteroatoms. The number of esters is 1. The number of hydrogen-bond acceptors (Lipinski definition) is 4. The fourth-order valence-corrected chi connectivity index (χ4v) is 3.39. The van der Waals surface area contributed by atoms with E-state index in [0.717, 1.165) is 70.9 Å². The van der Waals surface area contributed by atoms with Crippen molar-refractivity contribution >= 4 is 11.9 Å². The van der Waals surface area contributed by atoms with Crippen LogP contribution in [0, 0.1) is 5.92 Å². The Kier molecular flexibility index (Phi) is 10.4. The Morgan fingerprint density at radius 3 is 2.61 bits per heavy atom. The number of guanidine groups is 1. The van der Waals surface area contributed by atoms with E-state index in [2.05, 4.69) is 39.5 Å². The lowest BCUT2D eigenvalue weighted by atomic mass is 9.97. The number of carbonyl (C=O) groups is 1. The number of unbranched alkanes of at least 4 members (excludes halogenated alkanes) is 1. The van der Waals surface area contributed by atoms with E-state index >= 15 is 0 Å². The largest absolute Gasteiger partial charge is 0.466 e. The summed E-state index contributed by atoms with van der Waals surface area (Å²) >= 11 is 0. The quantitative estimate of drug-likeness (QED) is 0.289. The lowest BCUT2D eigenvalue weighted by molar-refractivity contribution is -0.149. The molecule has 0 unspecified atom stereocenters. The van der Waals surface area contributed by atoms with Crippen LogP contribution in [-0.2, 0) is 20.7 Å². The Morgan fingerprint density at radius 1 is 1.18 bits per heavy atom. The predicted molar refractivity (Wildman–Crippen MR) is 112 cm³/mol. The molecule has 1 aromatic carbocycles. The van der Waals surface area contributed by atoms with Crippen LogP contribution in [0.25, 0.3) is 0 Å². The van der Waals surface area contributed by atoms with Crippen molar-refractivity contribution in [1.29, 1.82) is 0 Å². The highest BCUT2D eigenvalue weighted by molar-refractivity contribution is 5.80. The zero-order valence-electron chi connectivity index (χ0n) is 17.4. The summed E-state index contributed by atoms with van der Waals surface area (Å²) in [6.07, 6.45) is 4.70. The van der Waals surface area contributed by atoms with Crippen LogP contribution in [0.5, 0.6) is 0 Å². The van der Waals surface area contributed by atoms with Gasteiger partial charge in [-0.05, 0) is 44.6 Å².